The first-order valence-corrected chi connectivity index (χ1v) is 9.25. The number of hydrogen-bond donors (Lipinski definition) is 0. The van der Waals surface area contributed by atoms with Crippen molar-refractivity contribution in [3.63, 3.8) is 0 Å². The molecule has 0 aliphatic rings. The quantitative estimate of drug-likeness (QED) is 0.362. The molecule has 0 N–H and O–H groups in total. The molecule has 0 bridgehead atoms. The predicted molar refractivity (Wildman–Crippen MR) is 118 cm³/mol. The molecule has 138 valence electrons. The molecular weight excluding hydrogens is 344 g/mol. The summed E-state index contributed by atoms with van der Waals surface area (Å²) in [5.74, 6) is 0. The van der Waals surface area contributed by atoms with Gasteiger partial charge >= 0.3 is 0 Å². The van der Waals surface area contributed by atoms with Crippen LogP contribution in [0.15, 0.2) is 102 Å². The second-order valence-corrected chi connectivity index (χ2v) is 6.82. The molecule has 0 saturated heterocycles. The van der Waals surface area contributed by atoms with Crippen LogP contribution in [0.3, 0.4) is 0 Å². The molecule has 0 unspecified atom stereocenters. The summed E-state index contributed by atoms with van der Waals surface area (Å²) in [5.41, 5.74) is 5.51. The molecule has 5 aromatic rings. The maximum absolute atomic E-state index is 5.01. The van der Waals surface area contributed by atoms with Crippen LogP contribution in [0.5, 0.6) is 0 Å². The minimum absolute atomic E-state index is 0.845. The van der Waals surface area contributed by atoms with Gasteiger partial charge in [-0.05, 0) is 52.2 Å². The molecule has 1 aromatic heterocycles. The molecule has 0 radical (unpaired) electrons. The molecule has 28 heavy (non-hydrogen) atoms. The van der Waals surface area contributed by atoms with Gasteiger partial charge in [0.2, 0.25) is 0 Å². The average molecular weight is 366 g/mol. The van der Waals surface area contributed by atoms with Crippen molar-refractivity contribution >= 4 is 27.6 Å². The highest BCUT2D eigenvalue weighted by atomic mass is 16.3. The van der Waals surface area contributed by atoms with E-state index in [1.807, 2.05) is 24.3 Å². The fraction of sp³-hybridized carbons (Fsp3) is 0.0800. The van der Waals surface area contributed by atoms with Crippen molar-refractivity contribution in [1.82, 2.24) is 4.98 Å². The van der Waals surface area contributed by atoms with Crippen LogP contribution in [0.4, 0.5) is 5.69 Å². The summed E-state index contributed by atoms with van der Waals surface area (Å²) >= 11 is 0. The first-order valence-electron chi connectivity index (χ1n) is 9.25. The molecular formula is C25H22N2O. The van der Waals surface area contributed by atoms with E-state index >= 15 is 0 Å². The van der Waals surface area contributed by atoms with Crippen LogP contribution in [-0.2, 0) is 0 Å². The smallest absolute Gasteiger partial charge is 0.181 e. The average Bonchev–Trinajstić information content (AvgIpc) is 3.23. The highest BCUT2D eigenvalue weighted by Crippen LogP contribution is 2.26. The van der Waals surface area contributed by atoms with Gasteiger partial charge in [0.15, 0.2) is 12.0 Å². The summed E-state index contributed by atoms with van der Waals surface area (Å²) in [4.78, 5) is 6.07. The minimum Gasteiger partial charge on any atom is -0.443 e. The van der Waals surface area contributed by atoms with E-state index in [2.05, 4.69) is 90.7 Å². The monoisotopic (exact) mass is 366 g/mol. The van der Waals surface area contributed by atoms with E-state index in [1.54, 1.807) is 0 Å². The van der Waals surface area contributed by atoms with Gasteiger partial charge in [-0.1, -0.05) is 60.7 Å². The zero-order valence-corrected chi connectivity index (χ0v) is 16.0. The molecule has 0 aliphatic heterocycles. The van der Waals surface area contributed by atoms with Crippen molar-refractivity contribution in [2.45, 2.75) is 0 Å². The summed E-state index contributed by atoms with van der Waals surface area (Å²) in [5, 5.41) is 2.58. The third-order valence-corrected chi connectivity index (χ3v) is 4.70. The van der Waals surface area contributed by atoms with E-state index in [9.17, 15) is 0 Å². The van der Waals surface area contributed by atoms with Crippen molar-refractivity contribution in [1.29, 1.82) is 0 Å². The lowest BCUT2D eigenvalue weighted by Gasteiger charge is -2.13. The Morgan fingerprint density at radius 2 is 1.36 bits per heavy atom. The van der Waals surface area contributed by atoms with Crippen molar-refractivity contribution in [3.8, 4) is 11.1 Å². The Kier molecular flexibility index (Phi) is 5.07. The van der Waals surface area contributed by atoms with Gasteiger partial charge in [0.1, 0.15) is 5.52 Å². The summed E-state index contributed by atoms with van der Waals surface area (Å²) < 4.78 is 5.01. The summed E-state index contributed by atoms with van der Waals surface area (Å²) in [6, 6.07) is 31.4. The SMILES string of the molecule is CN(C)c1ccc(-c2ccc3ccccc3c2)cc1.c1ccc2ocnc2c1. The Balaban J connectivity index is 0.000000177. The van der Waals surface area contributed by atoms with E-state index in [4.69, 9.17) is 4.42 Å². The molecule has 3 heteroatoms. The van der Waals surface area contributed by atoms with E-state index in [0.29, 0.717) is 0 Å². The second kappa shape index (κ2) is 7.97. The van der Waals surface area contributed by atoms with Gasteiger partial charge in [-0.2, -0.15) is 0 Å². The Bertz CT molecular complexity index is 1160. The van der Waals surface area contributed by atoms with Crippen LogP contribution < -0.4 is 4.90 Å². The van der Waals surface area contributed by atoms with Crippen molar-refractivity contribution in [2.75, 3.05) is 19.0 Å². The topological polar surface area (TPSA) is 29.3 Å². The Morgan fingerprint density at radius 3 is 2.11 bits per heavy atom. The number of anilines is 1. The Hall–Kier alpha value is -3.59. The molecule has 0 amide bonds. The predicted octanol–water partition coefficient (Wildman–Crippen LogP) is 6.40. The van der Waals surface area contributed by atoms with Crippen LogP contribution in [0.1, 0.15) is 0 Å². The highest BCUT2D eigenvalue weighted by molar-refractivity contribution is 5.87. The van der Waals surface area contributed by atoms with E-state index in [0.717, 1.165) is 11.1 Å². The first-order chi connectivity index (χ1) is 13.7. The standard InChI is InChI=1S/C18H17N.C7H5NO/c1-19(2)18-11-9-15(10-12-18)17-8-7-14-5-3-4-6-16(14)13-17;1-2-4-7-6(3-1)8-5-9-7/h3-13H,1-2H3;1-5H. The molecule has 0 saturated carbocycles. The zero-order chi connectivity index (χ0) is 19.3. The van der Waals surface area contributed by atoms with Crippen LogP contribution in [0.2, 0.25) is 0 Å². The summed E-state index contributed by atoms with van der Waals surface area (Å²) in [7, 11) is 4.12. The van der Waals surface area contributed by atoms with E-state index < -0.39 is 0 Å². The second-order valence-electron chi connectivity index (χ2n) is 6.82. The van der Waals surface area contributed by atoms with Gasteiger partial charge in [0.05, 0.1) is 0 Å². The molecule has 3 nitrogen and oxygen atoms in total. The van der Waals surface area contributed by atoms with Gasteiger partial charge in [-0.15, -0.1) is 0 Å². The third-order valence-electron chi connectivity index (χ3n) is 4.70. The van der Waals surface area contributed by atoms with Crippen molar-refractivity contribution in [2.24, 2.45) is 0 Å². The number of aromatic nitrogens is 1. The number of hydrogen-bond acceptors (Lipinski definition) is 3. The number of benzene rings is 4. The van der Waals surface area contributed by atoms with Gasteiger partial charge in [-0.25, -0.2) is 4.98 Å². The highest BCUT2D eigenvalue weighted by Gasteiger charge is 2.01. The molecule has 0 aliphatic carbocycles. The van der Waals surface area contributed by atoms with Crippen LogP contribution in [-0.4, -0.2) is 19.1 Å². The number of para-hydroxylation sites is 2. The van der Waals surface area contributed by atoms with Gasteiger partial charge in [0, 0.05) is 19.8 Å². The van der Waals surface area contributed by atoms with Crippen LogP contribution in [0, 0.1) is 0 Å². The Labute approximate surface area is 164 Å². The maximum Gasteiger partial charge on any atom is 0.181 e. The molecule has 0 spiro atoms. The fourth-order valence-electron chi connectivity index (χ4n) is 3.12. The number of fused-ring (bicyclic) bond motifs is 2. The molecule has 5 rings (SSSR count). The van der Waals surface area contributed by atoms with Crippen LogP contribution >= 0.6 is 0 Å². The molecule has 4 aromatic carbocycles. The normalized spacial score (nSPS) is 10.5. The largest absolute Gasteiger partial charge is 0.443 e. The zero-order valence-electron chi connectivity index (χ0n) is 16.0. The van der Waals surface area contributed by atoms with E-state index in [1.165, 1.54) is 34.0 Å². The minimum atomic E-state index is 0.845. The van der Waals surface area contributed by atoms with Gasteiger partial charge in [-0.3, -0.25) is 0 Å². The van der Waals surface area contributed by atoms with Crippen molar-refractivity contribution in [3.05, 3.63) is 97.4 Å². The lowest BCUT2D eigenvalue weighted by Crippen LogP contribution is -2.07. The first kappa shape index (κ1) is 17.8. The van der Waals surface area contributed by atoms with Gasteiger partial charge < -0.3 is 9.32 Å². The lowest BCUT2D eigenvalue weighted by molar-refractivity contribution is 0.602. The third kappa shape index (κ3) is 3.89. The molecule has 0 fully saturated rings. The fourth-order valence-corrected chi connectivity index (χ4v) is 3.12. The van der Waals surface area contributed by atoms with Crippen LogP contribution in [0.25, 0.3) is 33.0 Å². The summed E-state index contributed by atoms with van der Waals surface area (Å²) in [6.07, 6.45) is 1.45. The maximum atomic E-state index is 5.01. The van der Waals surface area contributed by atoms with Gasteiger partial charge in [0.25, 0.3) is 0 Å². The lowest BCUT2D eigenvalue weighted by atomic mass is 10.0. The number of nitrogens with zero attached hydrogens (tertiary/aromatic N) is 2. The molecule has 0 atom stereocenters. The Morgan fingerprint density at radius 1 is 0.679 bits per heavy atom. The van der Waals surface area contributed by atoms with E-state index in [-0.39, 0.29) is 0 Å². The summed E-state index contributed by atoms with van der Waals surface area (Å²) in [6.45, 7) is 0. The number of rotatable bonds is 2. The van der Waals surface area contributed by atoms with Crippen molar-refractivity contribution < 1.29 is 4.42 Å². The molecule has 1 heterocycles. The number of oxazole rings is 1.